The first-order valence-electron chi connectivity index (χ1n) is 14.9. The molecule has 8 nitrogen and oxygen atoms in total. The van der Waals surface area contributed by atoms with Crippen LogP contribution in [0.2, 0.25) is 0 Å². The lowest BCUT2D eigenvalue weighted by Crippen LogP contribution is -2.43. The summed E-state index contributed by atoms with van der Waals surface area (Å²) >= 11 is 0. The third-order valence-corrected chi connectivity index (χ3v) is 9.27. The first kappa shape index (κ1) is 28.4. The molecule has 0 bridgehead atoms. The molecule has 4 heterocycles. The maximum absolute atomic E-state index is 14.9. The van der Waals surface area contributed by atoms with E-state index < -0.39 is 17.5 Å². The van der Waals surface area contributed by atoms with E-state index in [-0.39, 0.29) is 36.3 Å². The van der Waals surface area contributed by atoms with E-state index in [1.807, 2.05) is 19.1 Å². The third-order valence-electron chi connectivity index (χ3n) is 9.27. The van der Waals surface area contributed by atoms with Crippen molar-refractivity contribution in [2.45, 2.75) is 44.3 Å². The summed E-state index contributed by atoms with van der Waals surface area (Å²) < 4.78 is 41.2. The van der Waals surface area contributed by atoms with Gasteiger partial charge in [-0.3, -0.25) is 14.6 Å². The SMILES string of the molecule is C#Cc1c(F)ccc2cc(O)cc(-c3ccc4c(N5CCOCCC5=O)nc(OCC56CCCN5CC(F)C6)nc4c3C)c12. The van der Waals surface area contributed by atoms with Crippen LogP contribution in [0.1, 0.15) is 36.8 Å². The highest BCUT2D eigenvalue weighted by molar-refractivity contribution is 6.07. The van der Waals surface area contributed by atoms with Crippen molar-refractivity contribution >= 4 is 33.4 Å². The Labute approximate surface area is 253 Å². The number of terminal acetylenes is 1. The number of hydrogen-bond donors (Lipinski definition) is 1. The van der Waals surface area contributed by atoms with E-state index in [2.05, 4.69) is 10.8 Å². The molecule has 0 saturated carbocycles. The number of rotatable bonds is 5. The second kappa shape index (κ2) is 11.0. The van der Waals surface area contributed by atoms with Crippen molar-refractivity contribution in [2.24, 2.45) is 0 Å². The van der Waals surface area contributed by atoms with Gasteiger partial charge in [-0.2, -0.15) is 9.97 Å². The van der Waals surface area contributed by atoms with Crippen molar-refractivity contribution in [2.75, 3.05) is 44.4 Å². The molecular formula is C34H32F2N4O4. The third kappa shape index (κ3) is 4.71. The lowest BCUT2D eigenvalue weighted by molar-refractivity contribution is -0.118. The van der Waals surface area contributed by atoms with Crippen LogP contribution in [0, 0.1) is 25.1 Å². The Morgan fingerprint density at radius 1 is 1.18 bits per heavy atom. The van der Waals surface area contributed by atoms with Crippen LogP contribution >= 0.6 is 0 Å². The Morgan fingerprint density at radius 3 is 2.89 bits per heavy atom. The summed E-state index contributed by atoms with van der Waals surface area (Å²) in [6, 6.07) is 9.74. The molecule has 3 aliphatic heterocycles. The predicted octanol–water partition coefficient (Wildman–Crippen LogP) is 5.29. The number of alkyl halides is 1. The number of nitrogens with zero attached hydrogens (tertiary/aromatic N) is 4. The van der Waals surface area contributed by atoms with Gasteiger partial charge >= 0.3 is 6.01 Å². The Morgan fingerprint density at radius 2 is 2.05 bits per heavy atom. The summed E-state index contributed by atoms with van der Waals surface area (Å²) in [5.74, 6) is 2.23. The Balaban J connectivity index is 1.40. The number of carbonyl (C=O) groups excluding carboxylic acids is 1. The van der Waals surface area contributed by atoms with Gasteiger partial charge in [0, 0.05) is 23.7 Å². The van der Waals surface area contributed by atoms with Gasteiger partial charge in [-0.15, -0.1) is 6.42 Å². The number of anilines is 1. The summed E-state index contributed by atoms with van der Waals surface area (Å²) in [5, 5.41) is 12.3. The van der Waals surface area contributed by atoms with Crippen LogP contribution in [-0.4, -0.2) is 77.0 Å². The van der Waals surface area contributed by atoms with Gasteiger partial charge in [0.15, 0.2) is 5.82 Å². The monoisotopic (exact) mass is 598 g/mol. The van der Waals surface area contributed by atoms with E-state index in [1.165, 1.54) is 6.07 Å². The van der Waals surface area contributed by atoms with E-state index in [4.69, 9.17) is 25.9 Å². The number of ether oxygens (including phenoxy) is 2. The number of carbonyl (C=O) groups is 1. The van der Waals surface area contributed by atoms with E-state index >= 15 is 0 Å². The van der Waals surface area contributed by atoms with Crippen LogP contribution < -0.4 is 9.64 Å². The quantitative estimate of drug-likeness (QED) is 0.312. The fourth-order valence-corrected chi connectivity index (χ4v) is 7.19. The zero-order valence-electron chi connectivity index (χ0n) is 24.4. The van der Waals surface area contributed by atoms with Crippen molar-refractivity contribution < 1.29 is 28.2 Å². The molecule has 7 rings (SSSR count). The molecule has 4 aromatic rings. The molecule has 226 valence electrons. The number of aromatic hydroxyl groups is 1. The van der Waals surface area contributed by atoms with Gasteiger partial charge in [0.1, 0.15) is 24.3 Å². The van der Waals surface area contributed by atoms with E-state index in [1.54, 1.807) is 23.1 Å². The van der Waals surface area contributed by atoms with Crippen molar-refractivity contribution in [1.29, 1.82) is 0 Å². The zero-order valence-corrected chi connectivity index (χ0v) is 24.4. The van der Waals surface area contributed by atoms with Crippen LogP contribution in [0.5, 0.6) is 11.8 Å². The molecule has 1 aromatic heterocycles. The number of hydrogen-bond acceptors (Lipinski definition) is 7. The predicted molar refractivity (Wildman–Crippen MR) is 163 cm³/mol. The second-order valence-electron chi connectivity index (χ2n) is 11.9. The van der Waals surface area contributed by atoms with Gasteiger partial charge in [-0.1, -0.05) is 18.1 Å². The zero-order chi connectivity index (χ0) is 30.6. The summed E-state index contributed by atoms with van der Waals surface area (Å²) in [7, 11) is 0. The maximum Gasteiger partial charge on any atom is 0.319 e. The largest absolute Gasteiger partial charge is 0.508 e. The average Bonchev–Trinajstić information content (AvgIpc) is 3.44. The van der Waals surface area contributed by atoms with Crippen molar-refractivity contribution in [3.8, 4) is 35.2 Å². The molecule has 2 unspecified atom stereocenters. The Hall–Kier alpha value is -4.33. The summed E-state index contributed by atoms with van der Waals surface area (Å²) in [6.07, 6.45) is 7.26. The minimum Gasteiger partial charge on any atom is -0.508 e. The van der Waals surface area contributed by atoms with Crippen LogP contribution in [0.4, 0.5) is 14.6 Å². The molecular weight excluding hydrogens is 566 g/mol. The van der Waals surface area contributed by atoms with E-state index in [0.29, 0.717) is 76.9 Å². The van der Waals surface area contributed by atoms with Gasteiger partial charge in [0.25, 0.3) is 0 Å². The summed E-state index contributed by atoms with van der Waals surface area (Å²) in [5.41, 5.74) is 2.16. The number of amides is 1. The highest BCUT2D eigenvalue weighted by atomic mass is 19.1. The van der Waals surface area contributed by atoms with Crippen molar-refractivity contribution in [3.63, 3.8) is 0 Å². The van der Waals surface area contributed by atoms with Gasteiger partial charge in [0.2, 0.25) is 5.91 Å². The highest BCUT2D eigenvalue weighted by Crippen LogP contribution is 2.42. The highest BCUT2D eigenvalue weighted by Gasteiger charge is 2.49. The van der Waals surface area contributed by atoms with Gasteiger partial charge in [0.05, 0.1) is 42.8 Å². The molecule has 1 N–H and O–H groups in total. The molecule has 44 heavy (non-hydrogen) atoms. The smallest absolute Gasteiger partial charge is 0.319 e. The fourth-order valence-electron chi connectivity index (χ4n) is 7.19. The molecule has 0 aliphatic carbocycles. The standard InChI is InChI=1S/C34H32F2N4O4/c1-3-24-28(36)8-5-21-15-23(41)16-27(30(21)24)25-6-7-26-31(20(25)2)37-33(38-32(26)40-12-14-43-13-9-29(40)42)44-19-34-10-4-11-39(34)18-22(35)17-34/h1,5-8,15-16,22,41H,4,9-14,17-19H2,2H3. The number of benzene rings is 3. The van der Waals surface area contributed by atoms with Crippen LogP contribution in [0.3, 0.4) is 0 Å². The number of phenolic OH excluding ortho intramolecular Hbond substituents is 1. The molecule has 0 spiro atoms. The molecule has 1 amide bonds. The first-order valence-corrected chi connectivity index (χ1v) is 14.9. The van der Waals surface area contributed by atoms with Crippen LogP contribution in [0.25, 0.3) is 32.8 Å². The summed E-state index contributed by atoms with van der Waals surface area (Å²) in [6.45, 7) is 4.33. The molecule has 3 aromatic carbocycles. The van der Waals surface area contributed by atoms with E-state index in [9.17, 15) is 18.7 Å². The molecule has 3 aliphatic rings. The van der Waals surface area contributed by atoms with Gasteiger partial charge in [-0.05, 0) is 72.7 Å². The minimum atomic E-state index is -0.902. The number of phenols is 1. The number of aromatic nitrogens is 2. The minimum absolute atomic E-state index is 0.00671. The fraction of sp³-hybridized carbons (Fsp3) is 0.382. The first-order chi connectivity index (χ1) is 21.3. The van der Waals surface area contributed by atoms with Crippen molar-refractivity contribution in [1.82, 2.24) is 14.9 Å². The number of aryl methyl sites for hydroxylation is 1. The van der Waals surface area contributed by atoms with Crippen molar-refractivity contribution in [3.05, 3.63) is 53.3 Å². The normalized spacial score (nSPS) is 22.4. The Kier molecular flexibility index (Phi) is 7.10. The van der Waals surface area contributed by atoms with Gasteiger partial charge in [-0.25, -0.2) is 8.78 Å². The van der Waals surface area contributed by atoms with Crippen LogP contribution in [0.15, 0.2) is 36.4 Å². The molecule has 3 saturated heterocycles. The number of fused-ring (bicyclic) bond motifs is 3. The number of halogens is 2. The molecule has 0 radical (unpaired) electrons. The topological polar surface area (TPSA) is 88.0 Å². The Bertz CT molecular complexity index is 1860. The summed E-state index contributed by atoms with van der Waals surface area (Å²) in [4.78, 5) is 26.5. The maximum atomic E-state index is 14.9. The molecule has 3 fully saturated rings. The van der Waals surface area contributed by atoms with Crippen LogP contribution in [-0.2, 0) is 9.53 Å². The molecule has 2 atom stereocenters. The van der Waals surface area contributed by atoms with E-state index in [0.717, 1.165) is 19.4 Å². The second-order valence-corrected chi connectivity index (χ2v) is 11.9. The molecule has 10 heteroatoms. The average molecular weight is 599 g/mol. The van der Waals surface area contributed by atoms with Gasteiger partial charge < -0.3 is 14.6 Å². The lowest BCUT2D eigenvalue weighted by atomic mass is 9.91. The lowest BCUT2D eigenvalue weighted by Gasteiger charge is -2.31.